The molecule has 192 valence electrons. The minimum absolute atomic E-state index is 0.268. The second-order valence-corrected chi connectivity index (χ2v) is 8.61. The van der Waals surface area contributed by atoms with Crippen LogP contribution in [0.15, 0.2) is 12.1 Å². The molecule has 1 unspecified atom stereocenters. The molecular formula is C22H34F3N5O4. The predicted octanol–water partition coefficient (Wildman–Crippen LogP) is 2.44. The van der Waals surface area contributed by atoms with Crippen LogP contribution in [-0.2, 0) is 9.59 Å². The second-order valence-electron chi connectivity index (χ2n) is 8.61. The Morgan fingerprint density at radius 2 is 1.76 bits per heavy atom. The SMILES string of the molecule is Cc1cc2nc(C(O)[C@@H](CC(C)C)NC(=O)[C@H](N)CCCN)[nH]c2cc1C.O=C(O)C(F)(F)F. The number of carbonyl (C=O) groups is 2. The molecule has 9 nitrogen and oxygen atoms in total. The maximum atomic E-state index is 12.4. The van der Waals surface area contributed by atoms with Crippen LogP contribution in [0, 0.1) is 19.8 Å². The zero-order chi connectivity index (χ0) is 26.2. The molecule has 1 aromatic heterocycles. The van der Waals surface area contributed by atoms with Crippen LogP contribution >= 0.6 is 0 Å². The van der Waals surface area contributed by atoms with Gasteiger partial charge in [-0.3, -0.25) is 4.79 Å². The Hall–Kier alpha value is -2.70. The molecule has 34 heavy (non-hydrogen) atoms. The topological polar surface area (TPSA) is 167 Å². The number of nitrogens with two attached hydrogens (primary N) is 2. The van der Waals surface area contributed by atoms with Gasteiger partial charge in [0.15, 0.2) is 0 Å². The van der Waals surface area contributed by atoms with E-state index in [0.29, 0.717) is 37.5 Å². The highest BCUT2D eigenvalue weighted by molar-refractivity contribution is 5.82. The fourth-order valence-electron chi connectivity index (χ4n) is 3.15. The number of rotatable bonds is 9. The highest BCUT2D eigenvalue weighted by Crippen LogP contribution is 2.24. The van der Waals surface area contributed by atoms with Crippen molar-refractivity contribution >= 4 is 22.9 Å². The van der Waals surface area contributed by atoms with Gasteiger partial charge in [-0.15, -0.1) is 0 Å². The average molecular weight is 490 g/mol. The van der Waals surface area contributed by atoms with Crippen molar-refractivity contribution < 1.29 is 33.0 Å². The standard InChI is InChI=1S/C20H33N5O2.C2HF3O2/c1-11(2)8-17(25-20(27)14(22)6-5-7-21)18(26)19-23-15-9-12(3)13(4)10-16(15)24-19;3-2(4,5)1(6)7/h9-11,14,17-18,26H,5-8,21-22H2,1-4H3,(H,23,24)(H,25,27);(H,6,7)/t14-,17-,18?;/m1./s1. The lowest BCUT2D eigenvalue weighted by molar-refractivity contribution is -0.192. The number of aryl methyl sites for hydroxylation is 2. The Kier molecular flexibility index (Phi) is 10.9. The third-order valence-corrected chi connectivity index (χ3v) is 5.13. The number of aliphatic carboxylic acids is 1. The second kappa shape index (κ2) is 12.7. The third-order valence-electron chi connectivity index (χ3n) is 5.13. The molecule has 0 radical (unpaired) electrons. The molecule has 1 amide bonds. The molecule has 0 spiro atoms. The number of hydrogen-bond donors (Lipinski definition) is 6. The summed E-state index contributed by atoms with van der Waals surface area (Å²) in [5.74, 6) is -2.28. The number of amides is 1. The quantitative estimate of drug-likeness (QED) is 0.314. The van der Waals surface area contributed by atoms with Crippen LogP contribution in [0.3, 0.4) is 0 Å². The van der Waals surface area contributed by atoms with Gasteiger partial charge in [-0.25, -0.2) is 9.78 Å². The summed E-state index contributed by atoms with van der Waals surface area (Å²) in [5.41, 5.74) is 15.4. The molecule has 0 aliphatic carbocycles. The van der Waals surface area contributed by atoms with Crippen LogP contribution < -0.4 is 16.8 Å². The van der Waals surface area contributed by atoms with Gasteiger partial charge in [0.05, 0.1) is 23.1 Å². The Bertz CT molecular complexity index is 923. The Morgan fingerprint density at radius 3 is 2.26 bits per heavy atom. The average Bonchev–Trinajstić information content (AvgIpc) is 3.13. The number of aliphatic hydroxyl groups excluding tert-OH is 1. The van der Waals surface area contributed by atoms with Gasteiger partial charge < -0.3 is 32.0 Å². The number of aromatic nitrogens is 2. The molecule has 0 saturated heterocycles. The minimum atomic E-state index is -5.08. The summed E-state index contributed by atoms with van der Waals surface area (Å²) in [4.78, 5) is 29.0. The van der Waals surface area contributed by atoms with Gasteiger partial charge in [-0.05, 0) is 68.8 Å². The van der Waals surface area contributed by atoms with E-state index in [4.69, 9.17) is 21.4 Å². The van der Waals surface area contributed by atoms with Gasteiger partial charge in [0, 0.05) is 0 Å². The summed E-state index contributed by atoms with van der Waals surface area (Å²) in [7, 11) is 0. The number of imidazole rings is 1. The highest BCUT2D eigenvalue weighted by atomic mass is 19.4. The summed E-state index contributed by atoms with van der Waals surface area (Å²) in [6.07, 6.45) is -4.19. The molecule has 0 fully saturated rings. The van der Waals surface area contributed by atoms with Crippen LogP contribution in [0.25, 0.3) is 11.0 Å². The van der Waals surface area contributed by atoms with E-state index in [9.17, 15) is 23.1 Å². The van der Waals surface area contributed by atoms with Crippen molar-refractivity contribution in [3.63, 3.8) is 0 Å². The van der Waals surface area contributed by atoms with E-state index in [0.717, 1.165) is 22.2 Å². The Balaban J connectivity index is 0.000000718. The fraction of sp³-hybridized carbons (Fsp3) is 0.591. The molecule has 0 aliphatic rings. The first kappa shape index (κ1) is 29.3. The molecule has 1 heterocycles. The normalized spacial score (nSPS) is 14.3. The monoisotopic (exact) mass is 489 g/mol. The summed E-state index contributed by atoms with van der Waals surface area (Å²) >= 11 is 0. The molecule has 0 bridgehead atoms. The maximum Gasteiger partial charge on any atom is 0.490 e. The van der Waals surface area contributed by atoms with Gasteiger partial charge in [-0.2, -0.15) is 13.2 Å². The number of nitrogens with one attached hydrogen (secondary N) is 2. The number of alkyl halides is 3. The van der Waals surface area contributed by atoms with Crippen LogP contribution in [0.5, 0.6) is 0 Å². The van der Waals surface area contributed by atoms with Crippen LogP contribution in [-0.4, -0.2) is 56.9 Å². The molecule has 2 aromatic rings. The first-order valence-corrected chi connectivity index (χ1v) is 10.9. The number of aliphatic hydroxyl groups is 1. The third kappa shape index (κ3) is 8.92. The zero-order valence-corrected chi connectivity index (χ0v) is 19.7. The molecule has 1 aromatic carbocycles. The lowest BCUT2D eigenvalue weighted by Gasteiger charge is -2.26. The number of carboxylic acids is 1. The first-order chi connectivity index (χ1) is 15.7. The first-order valence-electron chi connectivity index (χ1n) is 10.9. The van der Waals surface area contributed by atoms with Gasteiger partial charge in [0.25, 0.3) is 0 Å². The van der Waals surface area contributed by atoms with Crippen molar-refractivity contribution in [1.82, 2.24) is 15.3 Å². The van der Waals surface area contributed by atoms with E-state index in [1.54, 1.807) is 0 Å². The molecular weight excluding hydrogens is 455 g/mol. The van der Waals surface area contributed by atoms with Crippen molar-refractivity contribution in [3.05, 3.63) is 29.1 Å². The molecule has 3 atom stereocenters. The fourth-order valence-corrected chi connectivity index (χ4v) is 3.15. The predicted molar refractivity (Wildman–Crippen MR) is 122 cm³/mol. The van der Waals surface area contributed by atoms with E-state index in [2.05, 4.69) is 15.3 Å². The van der Waals surface area contributed by atoms with Crippen molar-refractivity contribution in [3.8, 4) is 0 Å². The smallest absolute Gasteiger partial charge is 0.475 e. The van der Waals surface area contributed by atoms with Crippen LogP contribution in [0.1, 0.15) is 56.2 Å². The highest BCUT2D eigenvalue weighted by Gasteiger charge is 2.38. The number of H-pyrrole nitrogens is 1. The molecule has 12 heteroatoms. The summed E-state index contributed by atoms with van der Waals surface area (Å²) in [6.45, 7) is 8.66. The summed E-state index contributed by atoms with van der Waals surface area (Å²) in [5, 5.41) is 20.9. The number of carbonyl (C=O) groups excluding carboxylic acids is 1. The van der Waals surface area contributed by atoms with Crippen LogP contribution in [0.2, 0.25) is 0 Å². The van der Waals surface area contributed by atoms with Crippen molar-refractivity contribution in [2.45, 2.75) is 71.3 Å². The largest absolute Gasteiger partial charge is 0.490 e. The zero-order valence-electron chi connectivity index (χ0n) is 19.7. The lowest BCUT2D eigenvalue weighted by atomic mass is 9.98. The number of fused-ring (bicyclic) bond motifs is 1. The number of halogens is 3. The van der Waals surface area contributed by atoms with Crippen molar-refractivity contribution in [2.75, 3.05) is 6.54 Å². The number of carboxylic acid groups (broad SMARTS) is 1. The van der Waals surface area contributed by atoms with Crippen molar-refractivity contribution in [1.29, 1.82) is 0 Å². The van der Waals surface area contributed by atoms with Gasteiger partial charge in [0.2, 0.25) is 5.91 Å². The molecule has 0 saturated carbocycles. The van der Waals surface area contributed by atoms with Crippen molar-refractivity contribution in [2.24, 2.45) is 17.4 Å². The van der Waals surface area contributed by atoms with Crippen LogP contribution in [0.4, 0.5) is 13.2 Å². The summed E-state index contributed by atoms with van der Waals surface area (Å²) < 4.78 is 31.7. The maximum absolute atomic E-state index is 12.4. The minimum Gasteiger partial charge on any atom is -0.475 e. The van der Waals surface area contributed by atoms with E-state index >= 15 is 0 Å². The van der Waals surface area contributed by atoms with E-state index < -0.39 is 30.3 Å². The number of hydrogen-bond acceptors (Lipinski definition) is 6. The van der Waals surface area contributed by atoms with Gasteiger partial charge in [-0.1, -0.05) is 13.8 Å². The molecule has 8 N–H and O–H groups in total. The van der Waals surface area contributed by atoms with Gasteiger partial charge >= 0.3 is 12.1 Å². The van der Waals surface area contributed by atoms with E-state index in [1.165, 1.54) is 0 Å². The molecule has 0 aliphatic heterocycles. The number of aromatic amines is 1. The van der Waals surface area contributed by atoms with E-state index in [1.807, 2.05) is 39.8 Å². The Morgan fingerprint density at radius 1 is 1.21 bits per heavy atom. The van der Waals surface area contributed by atoms with Gasteiger partial charge in [0.1, 0.15) is 11.9 Å². The number of nitrogens with zero attached hydrogens (tertiary/aromatic N) is 1. The van der Waals surface area contributed by atoms with E-state index in [-0.39, 0.29) is 5.91 Å². The Labute approximate surface area is 196 Å². The lowest BCUT2D eigenvalue weighted by Crippen LogP contribution is -2.48. The number of benzene rings is 1. The molecule has 2 rings (SSSR count). The summed E-state index contributed by atoms with van der Waals surface area (Å²) in [6, 6.07) is 2.92.